The molecule has 14 heavy (non-hydrogen) atoms. The predicted octanol–water partition coefficient (Wildman–Crippen LogP) is 1.62. The van der Waals surface area contributed by atoms with Crippen LogP contribution in [0.4, 0.5) is 0 Å². The normalized spacial score (nSPS) is 10.8. The van der Waals surface area contributed by atoms with Crippen LogP contribution in [-0.4, -0.2) is 16.8 Å². The Morgan fingerprint density at radius 2 is 2.21 bits per heavy atom. The van der Waals surface area contributed by atoms with Crippen LogP contribution in [0, 0.1) is 6.92 Å². The van der Waals surface area contributed by atoms with E-state index >= 15 is 0 Å². The van der Waals surface area contributed by atoms with Crippen LogP contribution in [0.5, 0.6) is 0 Å². The highest BCUT2D eigenvalue weighted by molar-refractivity contribution is 5.84. The third kappa shape index (κ3) is 1.17. The van der Waals surface area contributed by atoms with Crippen molar-refractivity contribution in [2.45, 2.75) is 13.5 Å². The molecule has 2 rings (SSSR count). The van der Waals surface area contributed by atoms with E-state index in [0.29, 0.717) is 0 Å². The number of hydrogen-bond donors (Lipinski definition) is 2. The summed E-state index contributed by atoms with van der Waals surface area (Å²) < 4.78 is 2.01. The number of hydrogen-bond acceptors (Lipinski definition) is 2. The highest BCUT2D eigenvalue weighted by Crippen LogP contribution is 2.21. The highest BCUT2D eigenvalue weighted by Gasteiger charge is 2.06. The molecule has 74 valence electrons. The number of aliphatic hydroxyl groups excluding tert-OH is 1. The van der Waals surface area contributed by atoms with Gasteiger partial charge in [0.25, 0.3) is 0 Å². The van der Waals surface area contributed by atoms with E-state index in [9.17, 15) is 5.11 Å². The van der Waals surface area contributed by atoms with Crippen molar-refractivity contribution in [3.05, 3.63) is 35.5 Å². The first-order chi connectivity index (χ1) is 6.77. The van der Waals surface area contributed by atoms with Crippen molar-refractivity contribution < 1.29 is 5.11 Å². The molecule has 0 radical (unpaired) electrons. The molecule has 1 heterocycles. The summed E-state index contributed by atoms with van der Waals surface area (Å²) in [5.41, 5.74) is 6.33. The lowest BCUT2D eigenvalue weighted by molar-refractivity contribution is 0.283. The molecule has 0 saturated carbocycles. The smallest absolute Gasteiger partial charge is 0.0699 e. The molecule has 2 aromatic rings. The molecule has 0 unspecified atom stereocenters. The van der Waals surface area contributed by atoms with Crippen LogP contribution in [0.25, 0.3) is 10.9 Å². The molecule has 0 spiro atoms. The number of aromatic nitrogens is 1. The summed E-state index contributed by atoms with van der Waals surface area (Å²) in [6, 6.07) is 8.03. The Hall–Kier alpha value is -1.48. The molecule has 2 N–H and O–H groups in total. The standard InChI is InChI=1S/C11H14N2O/c1-8-6-10-9(7-14)4-3-5-11(10)13(8)12-2/h3-6,12,14H,7H2,1-2H3. The number of nitrogens with zero attached hydrogens (tertiary/aromatic N) is 1. The van der Waals surface area contributed by atoms with Crippen LogP contribution in [-0.2, 0) is 6.61 Å². The van der Waals surface area contributed by atoms with Gasteiger partial charge in [-0.3, -0.25) is 4.68 Å². The zero-order valence-corrected chi connectivity index (χ0v) is 8.41. The first-order valence-corrected chi connectivity index (χ1v) is 4.66. The average Bonchev–Trinajstić information content (AvgIpc) is 2.52. The first-order valence-electron chi connectivity index (χ1n) is 4.66. The molecular weight excluding hydrogens is 176 g/mol. The summed E-state index contributed by atoms with van der Waals surface area (Å²) in [5, 5.41) is 10.3. The maximum Gasteiger partial charge on any atom is 0.0699 e. The molecule has 0 aliphatic rings. The molecule has 0 aliphatic carbocycles. The van der Waals surface area contributed by atoms with Crippen LogP contribution in [0.3, 0.4) is 0 Å². The van der Waals surface area contributed by atoms with Crippen LogP contribution in [0.15, 0.2) is 24.3 Å². The third-order valence-electron chi connectivity index (χ3n) is 2.51. The Morgan fingerprint density at radius 3 is 2.86 bits per heavy atom. The molecule has 3 heteroatoms. The topological polar surface area (TPSA) is 37.2 Å². The average molecular weight is 190 g/mol. The third-order valence-corrected chi connectivity index (χ3v) is 2.51. The molecule has 1 aromatic heterocycles. The Morgan fingerprint density at radius 1 is 1.43 bits per heavy atom. The Labute approximate surface area is 82.9 Å². The van der Waals surface area contributed by atoms with Gasteiger partial charge in [-0.05, 0) is 24.6 Å². The molecule has 0 atom stereocenters. The van der Waals surface area contributed by atoms with E-state index in [1.54, 1.807) is 0 Å². The summed E-state index contributed by atoms with van der Waals surface area (Å²) in [6.45, 7) is 2.13. The quantitative estimate of drug-likeness (QED) is 0.755. The van der Waals surface area contributed by atoms with Crippen LogP contribution < -0.4 is 5.43 Å². The summed E-state index contributed by atoms with van der Waals surface area (Å²) in [4.78, 5) is 0. The van der Waals surface area contributed by atoms with Crippen LogP contribution >= 0.6 is 0 Å². The molecule has 0 amide bonds. The van der Waals surface area contributed by atoms with Gasteiger partial charge in [0.2, 0.25) is 0 Å². The van der Waals surface area contributed by atoms with Gasteiger partial charge in [0.05, 0.1) is 12.1 Å². The van der Waals surface area contributed by atoms with Gasteiger partial charge in [0.15, 0.2) is 0 Å². The van der Waals surface area contributed by atoms with E-state index in [2.05, 4.69) is 11.5 Å². The van der Waals surface area contributed by atoms with E-state index in [1.807, 2.05) is 36.8 Å². The highest BCUT2D eigenvalue weighted by atomic mass is 16.3. The fraction of sp³-hybridized carbons (Fsp3) is 0.273. The van der Waals surface area contributed by atoms with Crippen molar-refractivity contribution in [3.63, 3.8) is 0 Å². The minimum absolute atomic E-state index is 0.0878. The van der Waals surface area contributed by atoms with Crippen LogP contribution in [0.1, 0.15) is 11.3 Å². The molecule has 1 aromatic carbocycles. The Kier molecular flexibility index (Phi) is 2.17. The minimum atomic E-state index is 0.0878. The van der Waals surface area contributed by atoms with Gasteiger partial charge in [-0.15, -0.1) is 0 Å². The summed E-state index contributed by atoms with van der Waals surface area (Å²) in [5.74, 6) is 0. The van der Waals surface area contributed by atoms with E-state index in [1.165, 1.54) is 0 Å². The van der Waals surface area contributed by atoms with Gasteiger partial charge in [-0.1, -0.05) is 12.1 Å². The summed E-state index contributed by atoms with van der Waals surface area (Å²) >= 11 is 0. The number of fused-ring (bicyclic) bond motifs is 1. The van der Waals surface area contributed by atoms with Crippen molar-refractivity contribution in [3.8, 4) is 0 Å². The van der Waals surface area contributed by atoms with E-state index in [0.717, 1.165) is 22.2 Å². The number of nitrogens with one attached hydrogen (secondary N) is 1. The van der Waals surface area contributed by atoms with Gasteiger partial charge in [0, 0.05) is 18.1 Å². The second kappa shape index (κ2) is 3.35. The zero-order chi connectivity index (χ0) is 10.1. The molecule has 0 aliphatic heterocycles. The largest absolute Gasteiger partial charge is 0.392 e. The van der Waals surface area contributed by atoms with E-state index < -0.39 is 0 Å². The lowest BCUT2D eigenvalue weighted by atomic mass is 10.1. The summed E-state index contributed by atoms with van der Waals surface area (Å²) in [6.07, 6.45) is 0. The van der Waals surface area contributed by atoms with E-state index in [4.69, 9.17) is 0 Å². The van der Waals surface area contributed by atoms with Gasteiger partial charge >= 0.3 is 0 Å². The first kappa shape index (κ1) is 9.09. The van der Waals surface area contributed by atoms with Gasteiger partial charge in [-0.2, -0.15) is 0 Å². The number of benzene rings is 1. The lowest BCUT2D eigenvalue weighted by Gasteiger charge is -2.06. The fourth-order valence-corrected chi connectivity index (χ4v) is 1.86. The van der Waals surface area contributed by atoms with E-state index in [-0.39, 0.29) is 6.61 Å². The monoisotopic (exact) mass is 190 g/mol. The lowest BCUT2D eigenvalue weighted by Crippen LogP contribution is -2.09. The van der Waals surface area contributed by atoms with Crippen molar-refractivity contribution in [1.82, 2.24) is 4.68 Å². The van der Waals surface area contributed by atoms with Crippen molar-refractivity contribution in [2.75, 3.05) is 12.5 Å². The zero-order valence-electron chi connectivity index (χ0n) is 8.41. The summed E-state index contributed by atoms with van der Waals surface area (Å²) in [7, 11) is 1.89. The molecule has 3 nitrogen and oxygen atoms in total. The maximum absolute atomic E-state index is 9.18. The van der Waals surface area contributed by atoms with Gasteiger partial charge in [0.1, 0.15) is 0 Å². The van der Waals surface area contributed by atoms with Crippen molar-refractivity contribution in [1.29, 1.82) is 0 Å². The van der Waals surface area contributed by atoms with Crippen molar-refractivity contribution >= 4 is 10.9 Å². The number of aryl methyl sites for hydroxylation is 1. The molecule has 0 saturated heterocycles. The second-order valence-electron chi connectivity index (χ2n) is 3.35. The second-order valence-corrected chi connectivity index (χ2v) is 3.35. The molecular formula is C11H14N2O. The van der Waals surface area contributed by atoms with Crippen molar-refractivity contribution in [2.24, 2.45) is 0 Å². The van der Waals surface area contributed by atoms with Crippen LogP contribution in [0.2, 0.25) is 0 Å². The Bertz CT molecular complexity index is 460. The van der Waals surface area contributed by atoms with Gasteiger partial charge < -0.3 is 10.5 Å². The maximum atomic E-state index is 9.18. The predicted molar refractivity (Wildman–Crippen MR) is 57.9 cm³/mol. The molecule has 0 bridgehead atoms. The fourth-order valence-electron chi connectivity index (χ4n) is 1.86. The number of aliphatic hydroxyl groups is 1. The minimum Gasteiger partial charge on any atom is -0.392 e. The Balaban J connectivity index is 2.79. The SMILES string of the molecule is CNn1c(C)cc2c(CO)cccc21. The molecule has 0 fully saturated rings. The number of rotatable bonds is 2. The van der Waals surface area contributed by atoms with Gasteiger partial charge in [-0.25, -0.2) is 0 Å².